The van der Waals surface area contributed by atoms with Crippen LogP contribution in [0.25, 0.3) is 0 Å². The smallest absolute Gasteiger partial charge is 0.355 e. The second-order valence-corrected chi connectivity index (χ2v) is 18.8. The molecule has 36 heavy (non-hydrogen) atoms. The Labute approximate surface area is 219 Å². The first kappa shape index (κ1) is 38.6. The fourth-order valence-corrected chi connectivity index (χ4v) is 13.9. The molecule has 0 aromatic rings. The van der Waals surface area contributed by atoms with E-state index in [1.807, 2.05) is 0 Å². The van der Waals surface area contributed by atoms with Gasteiger partial charge in [0, 0.05) is 99.5 Å². The Hall–Kier alpha value is 0.404. The van der Waals surface area contributed by atoms with Gasteiger partial charge in [-0.1, -0.05) is 0 Å². The minimum absolute atomic E-state index is 1.34. The van der Waals surface area contributed by atoms with Crippen LogP contribution in [0.5, 0.6) is 0 Å². The first-order valence-electron chi connectivity index (χ1n) is 9.80. The number of rotatable bonds is 20. The minimum atomic E-state index is -3.77. The molecule has 0 N–H and O–H groups in total. The SMILES string of the molecule is CO[Si](OC)(OC)O[Si](OC)(OC)OC.CO[Si](OC)(OC)O[Si](OC)(OC)O[Si](OC)(OC)OC. The predicted molar refractivity (Wildman–Crippen MR) is 130 cm³/mol. The quantitative estimate of drug-likeness (QED) is 0.156. The Morgan fingerprint density at radius 1 is 0.194 bits per heavy atom. The van der Waals surface area contributed by atoms with Crippen LogP contribution in [0.15, 0.2) is 0 Å². The monoisotopic (exact) mass is 622 g/mol. The molecule has 0 unspecified atom stereocenters. The molecule has 0 rings (SSSR count). The summed E-state index contributed by atoms with van der Waals surface area (Å²) in [6.45, 7) is 0. The molecule has 0 atom stereocenters. The Morgan fingerprint density at radius 3 is 0.417 bits per heavy atom. The standard InChI is InChI=1S/C8H24O10Si3.C6H18O7Si2/c1-9-19(10-2,11-3)17-21(15-7,16-8)18-20(12-4,13-5)14-6;1-7-14(8-2,9-3)13-15(10-4,11-5)12-6/h1-8H3;1-6H3. The Morgan fingerprint density at radius 2 is 0.306 bits per heavy atom. The van der Waals surface area contributed by atoms with Gasteiger partial charge in [0.25, 0.3) is 0 Å². The summed E-state index contributed by atoms with van der Waals surface area (Å²) < 4.78 is 88.8. The Bertz CT molecular complexity index is 469. The van der Waals surface area contributed by atoms with E-state index in [9.17, 15) is 0 Å². The maximum atomic E-state index is 5.67. The number of hydrogen-bond acceptors (Lipinski definition) is 17. The van der Waals surface area contributed by atoms with Gasteiger partial charge in [-0.25, -0.2) is 0 Å². The second-order valence-electron chi connectivity index (χ2n) is 5.66. The van der Waals surface area contributed by atoms with Crippen molar-refractivity contribution in [2.75, 3.05) is 99.5 Å². The largest absolute Gasteiger partial charge is 0.673 e. The van der Waals surface area contributed by atoms with E-state index in [2.05, 4.69) is 0 Å². The highest BCUT2D eigenvalue weighted by Crippen LogP contribution is 2.24. The molecule has 22 heteroatoms. The van der Waals surface area contributed by atoms with Crippen molar-refractivity contribution in [2.45, 2.75) is 0 Å². The molecule has 0 saturated carbocycles. The highest BCUT2D eigenvalue weighted by Gasteiger charge is 2.64. The van der Waals surface area contributed by atoms with Crippen molar-refractivity contribution in [1.82, 2.24) is 0 Å². The molecule has 0 spiro atoms. The third-order valence-corrected chi connectivity index (χ3v) is 17.3. The van der Waals surface area contributed by atoms with Crippen LogP contribution in [-0.2, 0) is 74.3 Å². The van der Waals surface area contributed by atoms with Crippen LogP contribution < -0.4 is 0 Å². The summed E-state index contributed by atoms with van der Waals surface area (Å²) in [6, 6.07) is 0. The Kier molecular flexibility index (Phi) is 20.0. The van der Waals surface area contributed by atoms with Gasteiger partial charge in [-0.15, -0.1) is 0 Å². The van der Waals surface area contributed by atoms with E-state index in [1.54, 1.807) is 0 Å². The van der Waals surface area contributed by atoms with Crippen LogP contribution in [0.1, 0.15) is 0 Å². The van der Waals surface area contributed by atoms with Gasteiger partial charge in [-0.2, -0.15) is 0 Å². The van der Waals surface area contributed by atoms with Gasteiger partial charge in [-0.05, 0) is 0 Å². The lowest BCUT2D eigenvalue weighted by Crippen LogP contribution is -2.65. The molecule has 220 valence electrons. The van der Waals surface area contributed by atoms with Crippen molar-refractivity contribution < 1.29 is 74.3 Å². The lowest BCUT2D eigenvalue weighted by atomic mass is 11.8. The molecular weight excluding hydrogens is 581 g/mol. The topological polar surface area (TPSA) is 157 Å². The molecule has 0 aliphatic heterocycles. The summed E-state index contributed by atoms with van der Waals surface area (Å²) >= 11 is 0. The van der Waals surface area contributed by atoms with Gasteiger partial charge in [0.05, 0.1) is 0 Å². The summed E-state index contributed by atoms with van der Waals surface area (Å²) in [7, 11) is 2.21. The van der Waals surface area contributed by atoms with Crippen LogP contribution in [0.2, 0.25) is 0 Å². The molecule has 0 bridgehead atoms. The fraction of sp³-hybridized carbons (Fsp3) is 1.00. The molecule has 0 heterocycles. The fourth-order valence-electron chi connectivity index (χ4n) is 2.23. The summed E-state index contributed by atoms with van der Waals surface area (Å²) in [6.07, 6.45) is 0. The van der Waals surface area contributed by atoms with Gasteiger partial charge in [0.2, 0.25) is 0 Å². The van der Waals surface area contributed by atoms with Crippen molar-refractivity contribution in [3.63, 3.8) is 0 Å². The van der Waals surface area contributed by atoms with Crippen molar-refractivity contribution in [3.8, 4) is 0 Å². The van der Waals surface area contributed by atoms with Gasteiger partial charge < -0.3 is 74.3 Å². The van der Waals surface area contributed by atoms with E-state index < -0.39 is 45.2 Å². The molecule has 17 nitrogen and oxygen atoms in total. The van der Waals surface area contributed by atoms with Gasteiger partial charge in [0.15, 0.2) is 0 Å². The highest BCUT2D eigenvalue weighted by atomic mass is 28.5. The van der Waals surface area contributed by atoms with Crippen molar-refractivity contribution in [2.24, 2.45) is 0 Å². The third kappa shape index (κ3) is 10.5. The molecule has 0 radical (unpaired) electrons. The Balaban J connectivity index is 0. The molecule has 0 aliphatic rings. The molecule has 0 aliphatic carbocycles. The molecule has 0 fully saturated rings. The average Bonchev–Trinajstić information content (AvgIpc) is 2.96. The zero-order valence-corrected chi connectivity index (χ0v) is 28.4. The van der Waals surface area contributed by atoms with Gasteiger partial charge in [0.1, 0.15) is 0 Å². The molecular formula is C14H42O17Si5. The zero-order valence-electron chi connectivity index (χ0n) is 23.4. The van der Waals surface area contributed by atoms with E-state index >= 15 is 0 Å². The van der Waals surface area contributed by atoms with Gasteiger partial charge in [-0.3, -0.25) is 0 Å². The highest BCUT2D eigenvalue weighted by molar-refractivity contribution is 6.74. The lowest BCUT2D eigenvalue weighted by Gasteiger charge is -2.35. The predicted octanol–water partition coefficient (Wildman–Crippen LogP) is -0.750. The first-order valence-corrected chi connectivity index (χ1v) is 18.0. The molecule has 0 aromatic carbocycles. The van der Waals surface area contributed by atoms with Crippen LogP contribution in [0, 0.1) is 0 Å². The molecule has 0 saturated heterocycles. The van der Waals surface area contributed by atoms with Gasteiger partial charge >= 0.3 is 45.2 Å². The first-order chi connectivity index (χ1) is 17.0. The van der Waals surface area contributed by atoms with Crippen LogP contribution >= 0.6 is 0 Å². The normalized spacial score (nSPS) is 13.5. The van der Waals surface area contributed by atoms with E-state index in [4.69, 9.17) is 74.3 Å². The minimum Gasteiger partial charge on any atom is -0.355 e. The molecule has 0 amide bonds. The van der Waals surface area contributed by atoms with E-state index in [-0.39, 0.29) is 0 Å². The summed E-state index contributed by atoms with van der Waals surface area (Å²) in [5, 5.41) is 0. The third-order valence-electron chi connectivity index (χ3n) is 4.25. The van der Waals surface area contributed by atoms with E-state index in [0.29, 0.717) is 0 Å². The maximum Gasteiger partial charge on any atom is 0.673 e. The molecule has 0 aromatic heterocycles. The summed E-state index contributed by atoms with van der Waals surface area (Å²) in [5.41, 5.74) is 0. The summed E-state index contributed by atoms with van der Waals surface area (Å²) in [4.78, 5) is 0. The van der Waals surface area contributed by atoms with Crippen molar-refractivity contribution >= 4 is 45.2 Å². The van der Waals surface area contributed by atoms with Crippen LogP contribution in [-0.4, -0.2) is 145 Å². The maximum absolute atomic E-state index is 5.67. The van der Waals surface area contributed by atoms with E-state index in [1.165, 1.54) is 99.5 Å². The van der Waals surface area contributed by atoms with Crippen molar-refractivity contribution in [3.05, 3.63) is 0 Å². The van der Waals surface area contributed by atoms with Crippen molar-refractivity contribution in [1.29, 1.82) is 0 Å². The van der Waals surface area contributed by atoms with Crippen LogP contribution in [0.4, 0.5) is 0 Å². The zero-order chi connectivity index (χ0) is 28.5. The average molecular weight is 623 g/mol. The second kappa shape index (κ2) is 18.6. The lowest BCUT2D eigenvalue weighted by molar-refractivity contribution is -0.0462. The van der Waals surface area contributed by atoms with Crippen LogP contribution in [0.3, 0.4) is 0 Å². The number of hydrogen-bond donors (Lipinski definition) is 0. The summed E-state index contributed by atoms with van der Waals surface area (Å²) in [5.74, 6) is 0. The van der Waals surface area contributed by atoms with E-state index in [0.717, 1.165) is 0 Å².